The summed E-state index contributed by atoms with van der Waals surface area (Å²) in [6.45, 7) is 2.29. The van der Waals surface area contributed by atoms with Crippen molar-refractivity contribution in [2.75, 3.05) is 11.6 Å². The van der Waals surface area contributed by atoms with Gasteiger partial charge in [-0.3, -0.25) is 0 Å². The van der Waals surface area contributed by atoms with Crippen LogP contribution in [-0.4, -0.2) is 14.9 Å². The van der Waals surface area contributed by atoms with Crippen molar-refractivity contribution < 1.29 is 0 Å². The van der Waals surface area contributed by atoms with Gasteiger partial charge < -0.3 is 11.6 Å². The molecule has 0 spiro atoms. The lowest BCUT2D eigenvalue weighted by Gasteiger charge is -2.24. The molecule has 2 rings (SSSR count). The first-order chi connectivity index (χ1) is 6.68. The summed E-state index contributed by atoms with van der Waals surface area (Å²) in [6.07, 6.45) is 4.79. The van der Waals surface area contributed by atoms with E-state index in [1.54, 1.807) is 0 Å². The third-order valence-electron chi connectivity index (χ3n) is 3.13. The summed E-state index contributed by atoms with van der Waals surface area (Å²) < 4.78 is 1.42. The summed E-state index contributed by atoms with van der Waals surface area (Å²) in [5.74, 6) is 8.16. The van der Waals surface area contributed by atoms with Crippen LogP contribution < -0.4 is 11.6 Å². The van der Waals surface area contributed by atoms with E-state index in [-0.39, 0.29) is 0 Å². The second-order valence-electron chi connectivity index (χ2n) is 4.24. The molecule has 14 heavy (non-hydrogen) atoms. The molecule has 0 bridgehead atoms. The van der Waals surface area contributed by atoms with Crippen LogP contribution in [0.15, 0.2) is 0 Å². The van der Waals surface area contributed by atoms with E-state index in [2.05, 4.69) is 17.1 Å². The van der Waals surface area contributed by atoms with Gasteiger partial charge in [-0.25, -0.2) is 4.68 Å². The zero-order valence-corrected chi connectivity index (χ0v) is 8.48. The average molecular weight is 195 g/mol. The van der Waals surface area contributed by atoms with Crippen LogP contribution in [0, 0.1) is 5.92 Å². The standard InChI is InChI=1S/C9H17N5/c1-6-2-4-7(5-3-6)8-12-13-9(10)14(8)11/h6-7H,2-5,11H2,1H3,(H2,10,13). The topological polar surface area (TPSA) is 82.8 Å². The minimum absolute atomic E-state index is 0.304. The summed E-state index contributed by atoms with van der Waals surface area (Å²) in [5.41, 5.74) is 5.54. The van der Waals surface area contributed by atoms with Crippen LogP contribution in [0.1, 0.15) is 44.3 Å². The molecule has 0 unspecified atom stereocenters. The first-order valence-electron chi connectivity index (χ1n) is 5.14. The number of hydrogen-bond acceptors (Lipinski definition) is 4. The van der Waals surface area contributed by atoms with E-state index in [1.165, 1.54) is 17.5 Å². The molecular formula is C9H17N5. The Labute approximate surface area is 83.5 Å². The van der Waals surface area contributed by atoms with Gasteiger partial charge in [-0.05, 0) is 18.8 Å². The van der Waals surface area contributed by atoms with Gasteiger partial charge >= 0.3 is 0 Å². The molecule has 1 aliphatic carbocycles. The maximum Gasteiger partial charge on any atom is 0.240 e. The van der Waals surface area contributed by atoms with Crippen LogP contribution >= 0.6 is 0 Å². The molecule has 1 heterocycles. The van der Waals surface area contributed by atoms with E-state index in [0.29, 0.717) is 11.9 Å². The normalized spacial score (nSPS) is 27.8. The number of nitrogen functional groups attached to an aromatic ring is 2. The van der Waals surface area contributed by atoms with Crippen molar-refractivity contribution >= 4 is 5.95 Å². The van der Waals surface area contributed by atoms with Gasteiger partial charge in [0.15, 0.2) is 5.82 Å². The fourth-order valence-corrected chi connectivity index (χ4v) is 2.11. The highest BCUT2D eigenvalue weighted by Crippen LogP contribution is 2.34. The van der Waals surface area contributed by atoms with Gasteiger partial charge in [0.05, 0.1) is 0 Å². The van der Waals surface area contributed by atoms with Gasteiger partial charge in [-0.15, -0.1) is 10.2 Å². The van der Waals surface area contributed by atoms with Gasteiger partial charge in [-0.2, -0.15) is 0 Å². The minimum Gasteiger partial charge on any atom is -0.366 e. The maximum atomic E-state index is 5.73. The van der Waals surface area contributed by atoms with Crippen LogP contribution in [0.25, 0.3) is 0 Å². The van der Waals surface area contributed by atoms with Crippen molar-refractivity contribution in [3.8, 4) is 0 Å². The predicted molar refractivity (Wildman–Crippen MR) is 55.0 cm³/mol. The van der Waals surface area contributed by atoms with Gasteiger partial charge in [0.25, 0.3) is 0 Å². The fraction of sp³-hybridized carbons (Fsp3) is 0.778. The van der Waals surface area contributed by atoms with Crippen LogP contribution in [0.3, 0.4) is 0 Å². The van der Waals surface area contributed by atoms with Crippen molar-refractivity contribution in [2.45, 2.75) is 38.5 Å². The number of anilines is 1. The van der Waals surface area contributed by atoms with Crippen molar-refractivity contribution in [3.63, 3.8) is 0 Å². The van der Waals surface area contributed by atoms with Crippen molar-refractivity contribution in [1.29, 1.82) is 0 Å². The second kappa shape index (κ2) is 3.48. The number of aromatic nitrogens is 3. The first-order valence-corrected chi connectivity index (χ1v) is 5.14. The second-order valence-corrected chi connectivity index (χ2v) is 4.24. The molecule has 0 saturated heterocycles. The van der Waals surface area contributed by atoms with Crippen LogP contribution in [0.4, 0.5) is 5.95 Å². The van der Waals surface area contributed by atoms with E-state index in [4.69, 9.17) is 11.6 Å². The number of hydrogen-bond donors (Lipinski definition) is 2. The summed E-state index contributed by atoms with van der Waals surface area (Å²) in [4.78, 5) is 0. The molecule has 4 N–H and O–H groups in total. The molecule has 0 amide bonds. The Bertz CT molecular complexity index is 311. The third kappa shape index (κ3) is 1.54. The summed E-state index contributed by atoms with van der Waals surface area (Å²) in [6, 6.07) is 0. The third-order valence-corrected chi connectivity index (χ3v) is 3.13. The van der Waals surface area contributed by atoms with E-state index < -0.39 is 0 Å². The fourth-order valence-electron chi connectivity index (χ4n) is 2.11. The zero-order chi connectivity index (χ0) is 10.1. The van der Waals surface area contributed by atoms with E-state index >= 15 is 0 Å². The van der Waals surface area contributed by atoms with Crippen LogP contribution in [0.5, 0.6) is 0 Å². The van der Waals surface area contributed by atoms with Crippen molar-refractivity contribution in [3.05, 3.63) is 5.82 Å². The molecule has 5 nitrogen and oxygen atoms in total. The lowest BCUT2D eigenvalue weighted by molar-refractivity contribution is 0.337. The van der Waals surface area contributed by atoms with E-state index in [9.17, 15) is 0 Å². The van der Waals surface area contributed by atoms with Gasteiger partial charge in [0.1, 0.15) is 0 Å². The highest BCUT2D eigenvalue weighted by Gasteiger charge is 2.24. The summed E-state index contributed by atoms with van der Waals surface area (Å²) in [5, 5.41) is 7.80. The van der Waals surface area contributed by atoms with E-state index in [0.717, 1.165) is 24.6 Å². The maximum absolute atomic E-state index is 5.73. The Balaban J connectivity index is 2.12. The molecule has 78 valence electrons. The van der Waals surface area contributed by atoms with Crippen LogP contribution in [-0.2, 0) is 0 Å². The first kappa shape index (κ1) is 9.30. The van der Waals surface area contributed by atoms with E-state index in [1.807, 2.05) is 0 Å². The molecule has 1 fully saturated rings. The molecule has 0 radical (unpaired) electrons. The lowest BCUT2D eigenvalue weighted by Crippen LogP contribution is -2.20. The summed E-state index contributed by atoms with van der Waals surface area (Å²) >= 11 is 0. The number of rotatable bonds is 1. The Morgan fingerprint density at radius 3 is 2.36 bits per heavy atom. The molecule has 1 saturated carbocycles. The van der Waals surface area contributed by atoms with Crippen molar-refractivity contribution in [2.24, 2.45) is 5.92 Å². The number of nitrogens with zero attached hydrogens (tertiary/aromatic N) is 3. The molecule has 5 heteroatoms. The quantitative estimate of drug-likeness (QED) is 0.651. The monoisotopic (exact) mass is 195 g/mol. The molecule has 0 aliphatic heterocycles. The Hall–Kier alpha value is -1.26. The molecule has 1 aromatic heterocycles. The number of nitrogens with two attached hydrogens (primary N) is 2. The average Bonchev–Trinajstić information content (AvgIpc) is 2.50. The SMILES string of the molecule is CC1CCC(c2nnc(N)n2N)CC1. The van der Waals surface area contributed by atoms with Gasteiger partial charge in [0, 0.05) is 5.92 Å². The molecule has 1 aliphatic rings. The van der Waals surface area contributed by atoms with Crippen LogP contribution in [0.2, 0.25) is 0 Å². The predicted octanol–water partition coefficient (Wildman–Crippen LogP) is 0.868. The Kier molecular flexibility index (Phi) is 2.31. The Morgan fingerprint density at radius 1 is 1.21 bits per heavy atom. The lowest BCUT2D eigenvalue weighted by atomic mass is 9.83. The Morgan fingerprint density at radius 2 is 1.86 bits per heavy atom. The smallest absolute Gasteiger partial charge is 0.240 e. The minimum atomic E-state index is 0.304. The summed E-state index contributed by atoms with van der Waals surface area (Å²) in [7, 11) is 0. The van der Waals surface area contributed by atoms with Gasteiger partial charge in [0.2, 0.25) is 5.95 Å². The highest BCUT2D eigenvalue weighted by atomic mass is 15.4. The molecule has 0 atom stereocenters. The largest absolute Gasteiger partial charge is 0.366 e. The van der Waals surface area contributed by atoms with Crippen molar-refractivity contribution in [1.82, 2.24) is 14.9 Å². The van der Waals surface area contributed by atoms with Gasteiger partial charge in [-0.1, -0.05) is 19.8 Å². The molecular weight excluding hydrogens is 178 g/mol. The highest BCUT2D eigenvalue weighted by molar-refractivity contribution is 5.19. The molecule has 1 aromatic rings. The molecule has 0 aromatic carbocycles. The zero-order valence-electron chi connectivity index (χ0n) is 8.48.